The highest BCUT2D eigenvalue weighted by atomic mass is 15.4. The van der Waals surface area contributed by atoms with E-state index in [-0.39, 0.29) is 0 Å². The second kappa shape index (κ2) is 7.01. The summed E-state index contributed by atoms with van der Waals surface area (Å²) in [5.74, 6) is 0. The van der Waals surface area contributed by atoms with Crippen LogP contribution in [0.3, 0.4) is 0 Å². The van der Waals surface area contributed by atoms with E-state index in [1.165, 1.54) is 24.9 Å². The molecule has 0 unspecified atom stereocenters. The van der Waals surface area contributed by atoms with Gasteiger partial charge in [-0.3, -0.25) is 9.97 Å². The summed E-state index contributed by atoms with van der Waals surface area (Å²) in [7, 11) is 0. The summed E-state index contributed by atoms with van der Waals surface area (Å²) in [5, 5.41) is 8.47. The van der Waals surface area contributed by atoms with Gasteiger partial charge in [-0.2, -0.15) is 0 Å². The van der Waals surface area contributed by atoms with Crippen molar-refractivity contribution in [2.45, 2.75) is 32.7 Å². The predicted molar refractivity (Wildman–Crippen MR) is 97.4 cm³/mol. The largest absolute Gasteiger partial charge is 0.370 e. The molecule has 6 heteroatoms. The van der Waals surface area contributed by atoms with Gasteiger partial charge in [0.2, 0.25) is 0 Å². The summed E-state index contributed by atoms with van der Waals surface area (Å²) in [6.45, 7) is 4.91. The maximum atomic E-state index is 4.60. The highest BCUT2D eigenvalue weighted by Crippen LogP contribution is 2.19. The van der Waals surface area contributed by atoms with Crippen LogP contribution >= 0.6 is 0 Å². The number of hydrogen-bond acceptors (Lipinski definition) is 5. The van der Waals surface area contributed by atoms with Crippen LogP contribution in [0.25, 0.3) is 11.3 Å². The van der Waals surface area contributed by atoms with Crippen molar-refractivity contribution in [2.24, 2.45) is 0 Å². The molecule has 128 valence electrons. The Balaban J connectivity index is 1.45. The molecule has 1 aliphatic rings. The highest BCUT2D eigenvalue weighted by Gasteiger charge is 2.11. The van der Waals surface area contributed by atoms with Gasteiger partial charge < -0.3 is 4.90 Å². The molecule has 0 aliphatic carbocycles. The van der Waals surface area contributed by atoms with E-state index in [9.17, 15) is 0 Å². The first-order valence-electron chi connectivity index (χ1n) is 8.80. The van der Waals surface area contributed by atoms with E-state index in [0.717, 1.165) is 35.6 Å². The molecule has 4 rings (SSSR count). The Morgan fingerprint density at radius 2 is 1.92 bits per heavy atom. The number of aryl methyl sites for hydroxylation is 1. The average Bonchev–Trinajstić information content (AvgIpc) is 3.12. The first-order chi connectivity index (χ1) is 12.3. The normalized spacial score (nSPS) is 14.7. The molecule has 1 fully saturated rings. The Morgan fingerprint density at radius 3 is 2.68 bits per heavy atom. The van der Waals surface area contributed by atoms with Gasteiger partial charge in [0.05, 0.1) is 30.3 Å². The smallest absolute Gasteiger partial charge is 0.114 e. The van der Waals surface area contributed by atoms with Gasteiger partial charge in [0.15, 0.2) is 0 Å². The van der Waals surface area contributed by atoms with E-state index in [0.29, 0.717) is 6.54 Å². The number of aromatic nitrogens is 5. The molecule has 0 bridgehead atoms. The second-order valence-electron chi connectivity index (χ2n) is 6.61. The summed E-state index contributed by atoms with van der Waals surface area (Å²) in [5.41, 5.74) is 5.14. The monoisotopic (exact) mass is 334 g/mol. The number of pyridine rings is 2. The van der Waals surface area contributed by atoms with Gasteiger partial charge in [-0.05, 0) is 49.9 Å². The van der Waals surface area contributed by atoms with Crippen LogP contribution < -0.4 is 4.90 Å². The lowest BCUT2D eigenvalue weighted by Crippen LogP contribution is -2.29. The van der Waals surface area contributed by atoms with E-state index in [1.54, 1.807) is 0 Å². The summed E-state index contributed by atoms with van der Waals surface area (Å²) in [6.07, 6.45) is 11.5. The van der Waals surface area contributed by atoms with E-state index in [4.69, 9.17) is 0 Å². The van der Waals surface area contributed by atoms with Crippen molar-refractivity contribution in [3.63, 3.8) is 0 Å². The van der Waals surface area contributed by atoms with Gasteiger partial charge in [0.25, 0.3) is 0 Å². The number of hydrogen-bond donors (Lipinski definition) is 0. The van der Waals surface area contributed by atoms with Crippen molar-refractivity contribution in [3.8, 4) is 11.3 Å². The number of nitrogens with zero attached hydrogens (tertiary/aromatic N) is 6. The van der Waals surface area contributed by atoms with Crippen molar-refractivity contribution < 1.29 is 0 Å². The molecule has 0 N–H and O–H groups in total. The summed E-state index contributed by atoms with van der Waals surface area (Å²) in [4.78, 5) is 11.2. The third-order valence-electron chi connectivity index (χ3n) is 4.56. The lowest BCUT2D eigenvalue weighted by atomic mass is 10.1. The van der Waals surface area contributed by atoms with Crippen molar-refractivity contribution in [2.75, 3.05) is 18.0 Å². The third-order valence-corrected chi connectivity index (χ3v) is 4.56. The third kappa shape index (κ3) is 3.68. The fourth-order valence-corrected chi connectivity index (χ4v) is 3.22. The van der Waals surface area contributed by atoms with Gasteiger partial charge in [-0.15, -0.1) is 5.10 Å². The fraction of sp³-hybridized carbons (Fsp3) is 0.368. The molecule has 4 heterocycles. The maximum absolute atomic E-state index is 4.60. The Kier molecular flexibility index (Phi) is 4.41. The zero-order valence-electron chi connectivity index (χ0n) is 14.5. The molecule has 25 heavy (non-hydrogen) atoms. The molecule has 0 atom stereocenters. The van der Waals surface area contributed by atoms with Crippen LogP contribution in [0.4, 0.5) is 5.69 Å². The van der Waals surface area contributed by atoms with Crippen LogP contribution in [0.15, 0.2) is 43.0 Å². The minimum atomic E-state index is 0.618. The lowest BCUT2D eigenvalue weighted by Gasteiger charge is -2.28. The number of piperidine rings is 1. The highest BCUT2D eigenvalue weighted by molar-refractivity contribution is 5.57. The van der Waals surface area contributed by atoms with Crippen LogP contribution in [-0.2, 0) is 6.54 Å². The summed E-state index contributed by atoms with van der Waals surface area (Å²) < 4.78 is 1.82. The minimum absolute atomic E-state index is 0.618. The summed E-state index contributed by atoms with van der Waals surface area (Å²) >= 11 is 0. The van der Waals surface area contributed by atoms with Crippen molar-refractivity contribution in [3.05, 3.63) is 54.2 Å². The maximum Gasteiger partial charge on any atom is 0.114 e. The first-order valence-corrected chi connectivity index (χ1v) is 8.80. The van der Waals surface area contributed by atoms with Gasteiger partial charge in [0.1, 0.15) is 5.69 Å². The van der Waals surface area contributed by atoms with Crippen molar-refractivity contribution in [1.82, 2.24) is 25.0 Å². The second-order valence-corrected chi connectivity index (χ2v) is 6.61. The molecule has 1 saturated heterocycles. The zero-order valence-corrected chi connectivity index (χ0v) is 14.5. The van der Waals surface area contributed by atoms with Gasteiger partial charge in [-0.1, -0.05) is 5.21 Å². The van der Waals surface area contributed by atoms with E-state index < -0.39 is 0 Å². The molecule has 0 aromatic carbocycles. The lowest BCUT2D eigenvalue weighted by molar-refractivity contribution is 0.576. The molecule has 0 radical (unpaired) electrons. The fourth-order valence-electron chi connectivity index (χ4n) is 3.22. The molecule has 3 aromatic rings. The van der Waals surface area contributed by atoms with Crippen LogP contribution in [0.2, 0.25) is 0 Å². The molecule has 0 amide bonds. The van der Waals surface area contributed by atoms with Crippen LogP contribution in [0.5, 0.6) is 0 Å². The number of anilines is 1. The molecule has 0 saturated carbocycles. The Bertz CT molecular complexity index is 833. The number of rotatable bonds is 4. The zero-order chi connectivity index (χ0) is 17.1. The van der Waals surface area contributed by atoms with Crippen LogP contribution in [-0.4, -0.2) is 38.1 Å². The molecule has 3 aromatic heterocycles. The van der Waals surface area contributed by atoms with E-state index in [1.807, 2.05) is 36.4 Å². The topological polar surface area (TPSA) is 59.7 Å². The molecular weight excluding hydrogens is 312 g/mol. The summed E-state index contributed by atoms with van der Waals surface area (Å²) in [6, 6.07) is 6.31. The quantitative estimate of drug-likeness (QED) is 0.734. The van der Waals surface area contributed by atoms with Crippen molar-refractivity contribution in [1.29, 1.82) is 0 Å². The van der Waals surface area contributed by atoms with Crippen LogP contribution in [0, 0.1) is 6.92 Å². The average molecular weight is 334 g/mol. The SMILES string of the molecule is Cc1cncc(-c2cn(Cc3ccc(N4CCCCC4)cn3)nn2)c1. The van der Waals surface area contributed by atoms with Gasteiger partial charge in [-0.25, -0.2) is 4.68 Å². The van der Waals surface area contributed by atoms with Gasteiger partial charge >= 0.3 is 0 Å². The molecular formula is C19H22N6. The predicted octanol–water partition coefficient (Wildman–Crippen LogP) is 3.08. The van der Waals surface area contributed by atoms with Crippen molar-refractivity contribution >= 4 is 5.69 Å². The Labute approximate surface area is 147 Å². The van der Waals surface area contributed by atoms with E-state index in [2.05, 4.69) is 43.4 Å². The minimum Gasteiger partial charge on any atom is -0.370 e. The molecule has 6 nitrogen and oxygen atoms in total. The first kappa shape index (κ1) is 15.7. The molecule has 1 aliphatic heterocycles. The standard InChI is InChI=1S/C19H22N6/c1-15-9-16(11-20-10-15)19-14-25(23-22-19)13-17-5-6-18(12-21-17)24-7-3-2-4-8-24/h5-6,9-12,14H,2-4,7-8,13H2,1H3. The van der Waals surface area contributed by atoms with E-state index >= 15 is 0 Å². The van der Waals surface area contributed by atoms with Gasteiger partial charge in [0, 0.05) is 31.0 Å². The van der Waals surface area contributed by atoms with Crippen LogP contribution in [0.1, 0.15) is 30.5 Å². The Hall–Kier alpha value is -2.76. The molecule has 0 spiro atoms. The Morgan fingerprint density at radius 1 is 1.04 bits per heavy atom.